The van der Waals surface area contributed by atoms with Gasteiger partial charge in [-0.05, 0) is 69.3 Å². The van der Waals surface area contributed by atoms with Crippen LogP contribution in [0.2, 0.25) is 5.02 Å². The largest absolute Gasteiger partial charge is 0.494 e. The number of anilines is 1. The van der Waals surface area contributed by atoms with E-state index in [0.29, 0.717) is 29.4 Å². The number of hydrogen-bond acceptors (Lipinski definition) is 4. The molecule has 0 aliphatic carbocycles. The van der Waals surface area contributed by atoms with E-state index in [0.717, 1.165) is 36.3 Å². The van der Waals surface area contributed by atoms with Crippen LogP contribution in [0.5, 0.6) is 5.75 Å². The van der Waals surface area contributed by atoms with Crippen molar-refractivity contribution in [2.75, 3.05) is 38.1 Å². The summed E-state index contributed by atoms with van der Waals surface area (Å²) in [6, 6.07) is 14.2. The molecule has 1 aliphatic heterocycles. The molecule has 2 amide bonds. The van der Waals surface area contributed by atoms with Crippen LogP contribution in [0.15, 0.2) is 53.3 Å². The highest BCUT2D eigenvalue weighted by atomic mass is 35.5. The molecule has 0 radical (unpaired) electrons. The van der Waals surface area contributed by atoms with Crippen molar-refractivity contribution in [1.82, 2.24) is 14.8 Å². The molecular weight excluding hydrogens is 440 g/mol. The van der Waals surface area contributed by atoms with E-state index in [2.05, 4.69) is 15.2 Å². The fraction of sp³-hybridized carbons (Fsp3) is 0.360. The Morgan fingerprint density at radius 3 is 2.73 bits per heavy atom. The molecule has 8 heteroatoms. The average molecular weight is 469 g/mol. The number of para-hydroxylation sites is 1. The number of nitrogens with one attached hydrogen (secondary N) is 2. The van der Waals surface area contributed by atoms with E-state index in [1.165, 1.54) is 12.8 Å². The lowest BCUT2D eigenvalue weighted by Crippen LogP contribution is -2.41. The number of aromatic amines is 1. The van der Waals surface area contributed by atoms with Crippen molar-refractivity contribution in [3.05, 3.63) is 69.5 Å². The Hall–Kier alpha value is -3.03. The van der Waals surface area contributed by atoms with Crippen LogP contribution >= 0.6 is 11.6 Å². The minimum atomic E-state index is -0.287. The number of nitrogens with zero attached hydrogens (tertiary/aromatic N) is 2. The van der Waals surface area contributed by atoms with E-state index in [4.69, 9.17) is 16.3 Å². The molecular formula is C25H29ClN4O3. The Morgan fingerprint density at radius 1 is 1.18 bits per heavy atom. The van der Waals surface area contributed by atoms with Crippen molar-refractivity contribution < 1.29 is 9.53 Å². The summed E-state index contributed by atoms with van der Waals surface area (Å²) in [5, 5.41) is 4.23. The highest BCUT2D eigenvalue weighted by molar-refractivity contribution is 6.33. The van der Waals surface area contributed by atoms with Gasteiger partial charge >= 0.3 is 6.03 Å². The molecule has 1 aliphatic rings. The fourth-order valence-electron chi connectivity index (χ4n) is 4.09. The number of likely N-dealkylation sites (tertiary alicyclic amines) is 1. The molecule has 0 unspecified atom stereocenters. The molecule has 7 nitrogen and oxygen atoms in total. The van der Waals surface area contributed by atoms with Crippen LogP contribution in [0.1, 0.15) is 25.3 Å². The molecule has 1 fully saturated rings. The van der Waals surface area contributed by atoms with Crippen molar-refractivity contribution >= 4 is 34.2 Å². The predicted octanol–water partition coefficient (Wildman–Crippen LogP) is 4.71. The highest BCUT2D eigenvalue weighted by Crippen LogP contribution is 2.22. The Balaban J connectivity index is 1.58. The smallest absolute Gasteiger partial charge is 0.322 e. The molecule has 2 heterocycles. The lowest BCUT2D eigenvalue weighted by molar-refractivity contribution is 0.197. The quantitative estimate of drug-likeness (QED) is 0.502. The van der Waals surface area contributed by atoms with Gasteiger partial charge in [0, 0.05) is 29.6 Å². The summed E-state index contributed by atoms with van der Waals surface area (Å²) >= 11 is 6.24. The molecule has 0 spiro atoms. The van der Waals surface area contributed by atoms with E-state index in [1.54, 1.807) is 17.0 Å². The van der Waals surface area contributed by atoms with Gasteiger partial charge in [-0.3, -0.25) is 4.79 Å². The summed E-state index contributed by atoms with van der Waals surface area (Å²) in [4.78, 5) is 32.9. The van der Waals surface area contributed by atoms with Crippen molar-refractivity contribution in [1.29, 1.82) is 0 Å². The van der Waals surface area contributed by atoms with Crippen LogP contribution in [0.4, 0.5) is 10.5 Å². The molecule has 174 valence electrons. The first-order valence-electron chi connectivity index (χ1n) is 11.3. The molecule has 0 atom stereocenters. The van der Waals surface area contributed by atoms with E-state index < -0.39 is 0 Å². The van der Waals surface area contributed by atoms with Crippen LogP contribution in [-0.2, 0) is 6.54 Å². The third-order valence-electron chi connectivity index (χ3n) is 5.85. The van der Waals surface area contributed by atoms with Gasteiger partial charge in [-0.1, -0.05) is 23.7 Å². The van der Waals surface area contributed by atoms with Crippen LogP contribution in [0.3, 0.4) is 0 Å². The van der Waals surface area contributed by atoms with Crippen molar-refractivity contribution in [2.45, 2.75) is 26.3 Å². The zero-order valence-corrected chi connectivity index (χ0v) is 19.5. The number of hydrogen-bond donors (Lipinski definition) is 2. The monoisotopic (exact) mass is 468 g/mol. The van der Waals surface area contributed by atoms with Crippen LogP contribution in [0.25, 0.3) is 10.9 Å². The molecule has 0 saturated carbocycles. The lowest BCUT2D eigenvalue weighted by Gasteiger charge is -2.26. The van der Waals surface area contributed by atoms with Gasteiger partial charge in [0.05, 0.1) is 23.9 Å². The van der Waals surface area contributed by atoms with E-state index in [-0.39, 0.29) is 18.1 Å². The second-order valence-electron chi connectivity index (χ2n) is 8.19. The molecule has 1 saturated heterocycles. The minimum Gasteiger partial charge on any atom is -0.494 e. The second kappa shape index (κ2) is 10.7. The number of H-pyrrole nitrogens is 1. The van der Waals surface area contributed by atoms with E-state index >= 15 is 0 Å². The lowest BCUT2D eigenvalue weighted by atomic mass is 10.1. The molecule has 1 aromatic heterocycles. The number of rotatable bonds is 8. The van der Waals surface area contributed by atoms with Gasteiger partial charge in [0.1, 0.15) is 5.75 Å². The molecule has 33 heavy (non-hydrogen) atoms. The fourth-order valence-corrected chi connectivity index (χ4v) is 4.27. The predicted molar refractivity (Wildman–Crippen MR) is 132 cm³/mol. The number of pyridine rings is 1. The molecule has 2 N–H and O–H groups in total. The van der Waals surface area contributed by atoms with Gasteiger partial charge < -0.3 is 24.8 Å². The average Bonchev–Trinajstić information content (AvgIpc) is 3.32. The van der Waals surface area contributed by atoms with Gasteiger partial charge in [-0.15, -0.1) is 0 Å². The number of ether oxygens (including phenoxy) is 1. The van der Waals surface area contributed by atoms with Gasteiger partial charge in [-0.2, -0.15) is 0 Å². The first kappa shape index (κ1) is 23.1. The summed E-state index contributed by atoms with van der Waals surface area (Å²) < 4.78 is 5.59. The van der Waals surface area contributed by atoms with Gasteiger partial charge in [0.15, 0.2) is 0 Å². The SMILES string of the molecule is CCOc1ccc2[nH]c(=O)c(CN(CCN3CCCC3)C(=O)Nc3ccccc3Cl)cc2c1. The van der Waals surface area contributed by atoms with Crippen molar-refractivity contribution in [3.63, 3.8) is 0 Å². The van der Waals surface area contributed by atoms with Crippen LogP contribution < -0.4 is 15.6 Å². The number of benzene rings is 2. The summed E-state index contributed by atoms with van der Waals surface area (Å²) in [5.41, 5.74) is 1.59. The first-order valence-corrected chi connectivity index (χ1v) is 11.7. The summed E-state index contributed by atoms with van der Waals surface area (Å²) in [6.07, 6.45) is 2.36. The number of carbonyl (C=O) groups is 1. The first-order chi connectivity index (χ1) is 16.0. The Kier molecular flexibility index (Phi) is 7.52. The summed E-state index contributed by atoms with van der Waals surface area (Å²) in [5.74, 6) is 0.741. The maximum atomic E-state index is 13.2. The van der Waals surface area contributed by atoms with Gasteiger partial charge in [0.25, 0.3) is 5.56 Å². The standard InChI is InChI=1S/C25H29ClN4O3/c1-2-33-20-9-10-22-18(16-20)15-19(24(31)27-22)17-30(14-13-29-11-5-6-12-29)25(32)28-23-8-4-3-7-21(23)26/h3-4,7-10,15-16H,2,5-6,11-14,17H2,1H3,(H,27,31)(H,28,32). The van der Waals surface area contributed by atoms with Crippen molar-refractivity contribution in [3.8, 4) is 5.75 Å². The topological polar surface area (TPSA) is 77.7 Å². The number of carbonyl (C=O) groups excluding carboxylic acids is 1. The van der Waals surface area contributed by atoms with E-state index in [9.17, 15) is 9.59 Å². The maximum absolute atomic E-state index is 13.2. The third kappa shape index (κ3) is 5.86. The zero-order valence-electron chi connectivity index (χ0n) is 18.8. The minimum absolute atomic E-state index is 0.189. The summed E-state index contributed by atoms with van der Waals surface area (Å²) in [7, 11) is 0. The van der Waals surface area contributed by atoms with Crippen LogP contribution in [-0.4, -0.2) is 53.6 Å². The number of fused-ring (bicyclic) bond motifs is 1. The molecule has 0 bridgehead atoms. The Labute approximate surface area is 198 Å². The molecule has 2 aromatic carbocycles. The molecule has 3 aromatic rings. The zero-order chi connectivity index (χ0) is 23.2. The molecule has 4 rings (SSSR count). The number of halogens is 1. The van der Waals surface area contributed by atoms with Gasteiger partial charge in [-0.25, -0.2) is 4.79 Å². The number of amides is 2. The highest BCUT2D eigenvalue weighted by Gasteiger charge is 2.20. The normalized spacial score (nSPS) is 13.9. The third-order valence-corrected chi connectivity index (χ3v) is 6.18. The number of urea groups is 1. The van der Waals surface area contributed by atoms with E-state index in [1.807, 2.05) is 43.3 Å². The van der Waals surface area contributed by atoms with Crippen molar-refractivity contribution in [2.24, 2.45) is 0 Å². The summed E-state index contributed by atoms with van der Waals surface area (Å²) in [6.45, 7) is 6.02. The number of aromatic nitrogens is 1. The van der Waals surface area contributed by atoms with Gasteiger partial charge in [0.2, 0.25) is 0 Å². The second-order valence-corrected chi connectivity index (χ2v) is 8.59. The Morgan fingerprint density at radius 2 is 1.97 bits per heavy atom. The Bertz CT molecular complexity index is 1170. The van der Waals surface area contributed by atoms with Crippen LogP contribution in [0, 0.1) is 0 Å². The maximum Gasteiger partial charge on any atom is 0.322 e.